The predicted octanol–water partition coefficient (Wildman–Crippen LogP) is 4.79. The average molecular weight is 472 g/mol. The van der Waals surface area contributed by atoms with Crippen molar-refractivity contribution >= 4 is 39.2 Å². The van der Waals surface area contributed by atoms with Crippen LogP contribution in [0.2, 0.25) is 0 Å². The topological polar surface area (TPSA) is 54.5 Å². The van der Waals surface area contributed by atoms with Crippen LogP contribution in [0.25, 0.3) is 0 Å². The Balaban J connectivity index is 1.55. The van der Waals surface area contributed by atoms with Crippen molar-refractivity contribution in [3.05, 3.63) is 101 Å². The number of hydrogen-bond donors (Lipinski definition) is 0. The number of ketones is 1. The Morgan fingerprint density at radius 3 is 1.94 bits per heavy atom. The monoisotopic (exact) mass is 471 g/mol. The van der Waals surface area contributed by atoms with E-state index in [9.17, 15) is 14.4 Å². The SMILES string of the molecule is CC(=O)c1ccc(N2C(=O)[C@@H]3C4c5ccccc5C(Br)(c5ccccc54)[C@H]3C2=O)cc1. The fraction of sp³-hybridized carbons (Fsp3) is 0.192. The third kappa shape index (κ3) is 2.22. The van der Waals surface area contributed by atoms with Crippen molar-refractivity contribution in [1.82, 2.24) is 0 Å². The van der Waals surface area contributed by atoms with Gasteiger partial charge in [0.2, 0.25) is 11.8 Å². The molecule has 4 aliphatic rings. The highest BCUT2D eigenvalue weighted by atomic mass is 79.9. The molecule has 3 aromatic carbocycles. The minimum absolute atomic E-state index is 0.0531. The maximum absolute atomic E-state index is 13.8. The van der Waals surface area contributed by atoms with Crippen LogP contribution in [0, 0.1) is 11.8 Å². The largest absolute Gasteiger partial charge is 0.295 e. The van der Waals surface area contributed by atoms with Crippen molar-refractivity contribution in [2.45, 2.75) is 17.2 Å². The van der Waals surface area contributed by atoms with Crippen molar-refractivity contribution < 1.29 is 14.4 Å². The summed E-state index contributed by atoms with van der Waals surface area (Å²) in [5.74, 6) is -1.58. The van der Waals surface area contributed by atoms with Crippen molar-refractivity contribution in [2.75, 3.05) is 4.90 Å². The molecule has 0 unspecified atom stereocenters. The van der Waals surface area contributed by atoms with Gasteiger partial charge in [0.25, 0.3) is 0 Å². The predicted molar refractivity (Wildman–Crippen MR) is 120 cm³/mol. The first-order chi connectivity index (χ1) is 14.9. The van der Waals surface area contributed by atoms with Gasteiger partial charge in [-0.25, -0.2) is 4.90 Å². The third-order valence-corrected chi connectivity index (χ3v) is 8.39. The van der Waals surface area contributed by atoms with Gasteiger partial charge in [0.1, 0.15) is 0 Å². The Labute approximate surface area is 188 Å². The number of hydrogen-bond acceptors (Lipinski definition) is 3. The summed E-state index contributed by atoms with van der Waals surface area (Å²) in [6.45, 7) is 1.50. The molecule has 0 radical (unpaired) electrons. The molecule has 31 heavy (non-hydrogen) atoms. The molecule has 0 aromatic heterocycles. The van der Waals surface area contributed by atoms with Crippen molar-refractivity contribution in [3.8, 4) is 0 Å². The third-order valence-electron chi connectivity index (χ3n) is 7.05. The molecule has 4 nitrogen and oxygen atoms in total. The number of rotatable bonds is 2. The summed E-state index contributed by atoms with van der Waals surface area (Å²) in [6.07, 6.45) is 0. The van der Waals surface area contributed by atoms with Crippen LogP contribution in [0.3, 0.4) is 0 Å². The summed E-state index contributed by atoms with van der Waals surface area (Å²) in [5.41, 5.74) is 5.41. The van der Waals surface area contributed by atoms with Gasteiger partial charge in [-0.3, -0.25) is 14.4 Å². The van der Waals surface area contributed by atoms with Gasteiger partial charge >= 0.3 is 0 Å². The number of carbonyl (C=O) groups excluding carboxylic acids is 3. The Morgan fingerprint density at radius 2 is 1.39 bits per heavy atom. The lowest BCUT2D eigenvalue weighted by Gasteiger charge is -2.51. The van der Waals surface area contributed by atoms with E-state index >= 15 is 0 Å². The van der Waals surface area contributed by atoms with E-state index in [0.29, 0.717) is 11.3 Å². The molecule has 3 aliphatic carbocycles. The van der Waals surface area contributed by atoms with Crippen LogP contribution in [0.15, 0.2) is 72.8 Å². The van der Waals surface area contributed by atoms with Crippen LogP contribution in [0.5, 0.6) is 0 Å². The van der Waals surface area contributed by atoms with E-state index < -0.39 is 16.2 Å². The van der Waals surface area contributed by atoms with Crippen LogP contribution in [0.1, 0.15) is 45.5 Å². The smallest absolute Gasteiger partial charge is 0.239 e. The summed E-state index contributed by atoms with van der Waals surface area (Å²) < 4.78 is -0.750. The highest BCUT2D eigenvalue weighted by Crippen LogP contribution is 2.66. The molecule has 1 aliphatic heterocycles. The first kappa shape index (κ1) is 18.7. The van der Waals surface area contributed by atoms with Gasteiger partial charge in [-0.1, -0.05) is 64.5 Å². The zero-order chi connectivity index (χ0) is 21.5. The van der Waals surface area contributed by atoms with Crippen molar-refractivity contribution in [1.29, 1.82) is 0 Å². The minimum atomic E-state index is -0.750. The molecular formula is C26H18BrNO3. The fourth-order valence-electron chi connectivity index (χ4n) is 5.78. The fourth-order valence-corrected chi connectivity index (χ4v) is 6.98. The number of benzene rings is 3. The number of Topliss-reactive ketones (excluding diaryl/α,β-unsaturated/α-hetero) is 1. The summed E-state index contributed by atoms with van der Waals surface area (Å²) >= 11 is 3.99. The summed E-state index contributed by atoms with van der Waals surface area (Å²) in [5, 5.41) is 0. The number of alkyl halides is 1. The van der Waals surface area contributed by atoms with Crippen molar-refractivity contribution in [3.63, 3.8) is 0 Å². The van der Waals surface area contributed by atoms with Crippen LogP contribution in [0.4, 0.5) is 5.69 Å². The number of halogens is 1. The van der Waals surface area contributed by atoms with E-state index in [4.69, 9.17) is 0 Å². The summed E-state index contributed by atoms with van der Waals surface area (Å²) in [6, 6.07) is 22.9. The van der Waals surface area contributed by atoms with Crippen LogP contribution in [-0.4, -0.2) is 17.6 Å². The molecule has 1 saturated heterocycles. The lowest BCUT2D eigenvalue weighted by Crippen LogP contribution is -2.50. The Morgan fingerprint density at radius 1 is 0.839 bits per heavy atom. The first-order valence-electron chi connectivity index (χ1n) is 10.3. The van der Waals surface area contributed by atoms with Gasteiger partial charge in [-0.05, 0) is 53.4 Å². The van der Waals surface area contributed by atoms with E-state index in [1.807, 2.05) is 24.3 Å². The Bertz CT molecular complexity index is 1250. The van der Waals surface area contributed by atoms with Gasteiger partial charge in [-0.2, -0.15) is 0 Å². The molecule has 2 amide bonds. The number of nitrogens with zero attached hydrogens (tertiary/aromatic N) is 1. The summed E-state index contributed by atoms with van der Waals surface area (Å²) in [7, 11) is 0. The molecule has 152 valence electrons. The van der Waals surface area contributed by atoms with Gasteiger partial charge in [-0.15, -0.1) is 0 Å². The second kappa shape index (κ2) is 6.24. The lowest BCUT2D eigenvalue weighted by molar-refractivity contribution is -0.122. The Hall–Kier alpha value is -3.05. The molecule has 0 saturated carbocycles. The van der Waals surface area contributed by atoms with Crippen LogP contribution >= 0.6 is 15.9 Å². The minimum Gasteiger partial charge on any atom is -0.295 e. The molecule has 0 spiro atoms. The highest BCUT2D eigenvalue weighted by Gasteiger charge is 2.67. The highest BCUT2D eigenvalue weighted by molar-refractivity contribution is 9.09. The number of amides is 2. The van der Waals surface area contributed by atoms with E-state index in [1.165, 1.54) is 11.8 Å². The zero-order valence-electron chi connectivity index (χ0n) is 16.7. The van der Waals surface area contributed by atoms with E-state index in [2.05, 4.69) is 40.2 Å². The maximum atomic E-state index is 13.8. The molecular weight excluding hydrogens is 454 g/mol. The maximum Gasteiger partial charge on any atom is 0.239 e. The molecule has 2 bridgehead atoms. The number of anilines is 1. The molecule has 1 heterocycles. The standard InChI is InChI=1S/C26H18BrNO3/c1-14(29)15-10-12-16(13-11-15)28-24(30)22-21-17-6-2-4-8-19(17)26(27,23(22)25(28)31)20-9-5-3-7-18(20)21/h2-13,21-23H,1H3/t21?,22-,23-,26?/m1/s1. The van der Waals surface area contributed by atoms with Crippen LogP contribution < -0.4 is 4.90 Å². The lowest BCUT2D eigenvalue weighted by atomic mass is 9.55. The normalized spacial score (nSPS) is 27.7. The first-order valence-corrected chi connectivity index (χ1v) is 11.1. The average Bonchev–Trinajstić information content (AvgIpc) is 3.06. The molecule has 1 fully saturated rings. The second-order valence-electron chi connectivity index (χ2n) is 8.48. The number of carbonyl (C=O) groups is 3. The van der Waals surface area contributed by atoms with Gasteiger partial charge in [0.15, 0.2) is 5.78 Å². The quantitative estimate of drug-likeness (QED) is 0.306. The number of imide groups is 1. The Kier molecular flexibility index (Phi) is 3.76. The van der Waals surface area contributed by atoms with E-state index in [-0.39, 0.29) is 23.5 Å². The van der Waals surface area contributed by atoms with Gasteiger partial charge in [0, 0.05) is 11.5 Å². The molecule has 0 N–H and O–H groups in total. The second-order valence-corrected chi connectivity index (χ2v) is 9.73. The van der Waals surface area contributed by atoms with Gasteiger partial charge in [0.05, 0.1) is 21.8 Å². The van der Waals surface area contributed by atoms with E-state index in [1.54, 1.807) is 24.3 Å². The molecule has 2 atom stereocenters. The van der Waals surface area contributed by atoms with E-state index in [0.717, 1.165) is 22.3 Å². The van der Waals surface area contributed by atoms with Crippen LogP contribution in [-0.2, 0) is 13.9 Å². The molecule has 5 heteroatoms. The van der Waals surface area contributed by atoms with Gasteiger partial charge < -0.3 is 0 Å². The van der Waals surface area contributed by atoms with Crippen molar-refractivity contribution in [2.24, 2.45) is 11.8 Å². The zero-order valence-corrected chi connectivity index (χ0v) is 18.3. The molecule has 3 aromatic rings. The molecule has 7 rings (SSSR count). The summed E-state index contributed by atoms with van der Waals surface area (Å²) in [4.78, 5) is 40.5.